The Kier molecular flexibility index (Phi) is 3.36. The summed E-state index contributed by atoms with van der Waals surface area (Å²) in [5.74, 6) is 0. The third kappa shape index (κ3) is 2.42. The average molecular weight is 253 g/mol. The first-order valence-electron chi connectivity index (χ1n) is 6.79. The summed E-state index contributed by atoms with van der Waals surface area (Å²) in [7, 11) is 0. The summed E-state index contributed by atoms with van der Waals surface area (Å²) < 4.78 is 0. The number of nitrogens with one attached hydrogen (secondary N) is 1. The first kappa shape index (κ1) is 12.4. The molecular formula is C17H19NO. The van der Waals surface area contributed by atoms with Crippen LogP contribution >= 0.6 is 0 Å². The van der Waals surface area contributed by atoms with Crippen molar-refractivity contribution in [3.63, 3.8) is 0 Å². The van der Waals surface area contributed by atoms with Crippen molar-refractivity contribution in [1.82, 2.24) is 5.48 Å². The smallest absolute Gasteiger partial charge is 0.0701 e. The highest BCUT2D eigenvalue weighted by molar-refractivity contribution is 5.69. The van der Waals surface area contributed by atoms with Crippen LogP contribution in [0.5, 0.6) is 0 Å². The van der Waals surface area contributed by atoms with Crippen molar-refractivity contribution in [2.45, 2.75) is 26.3 Å². The van der Waals surface area contributed by atoms with Crippen LogP contribution < -0.4 is 5.48 Å². The van der Waals surface area contributed by atoms with Gasteiger partial charge >= 0.3 is 0 Å². The lowest BCUT2D eigenvalue weighted by atomic mass is 9.94. The van der Waals surface area contributed by atoms with Crippen LogP contribution in [0.3, 0.4) is 0 Å². The van der Waals surface area contributed by atoms with Crippen LogP contribution in [0.25, 0.3) is 11.1 Å². The second-order valence-corrected chi connectivity index (χ2v) is 5.18. The Morgan fingerprint density at radius 3 is 2.74 bits per heavy atom. The highest BCUT2D eigenvalue weighted by Crippen LogP contribution is 2.29. The van der Waals surface area contributed by atoms with Gasteiger partial charge in [-0.2, -0.15) is 5.48 Å². The van der Waals surface area contributed by atoms with Gasteiger partial charge in [-0.05, 0) is 54.2 Å². The minimum atomic E-state index is 0.324. The third-order valence-corrected chi connectivity index (χ3v) is 3.94. The second kappa shape index (κ2) is 5.16. The lowest BCUT2D eigenvalue weighted by Gasteiger charge is -2.13. The van der Waals surface area contributed by atoms with Gasteiger partial charge in [-0.15, -0.1) is 0 Å². The molecule has 19 heavy (non-hydrogen) atoms. The largest absolute Gasteiger partial charge is 0.301 e. The van der Waals surface area contributed by atoms with E-state index < -0.39 is 0 Å². The van der Waals surface area contributed by atoms with Crippen LogP contribution in [-0.4, -0.2) is 6.61 Å². The Morgan fingerprint density at radius 1 is 1.11 bits per heavy atom. The standard InChI is InChI=1S/C17H19NO/c1-12-5-3-8-16(13(12)2)14-6-4-7-15(11-14)17-9-10-19-18-17/h3-8,11,17-18H,9-10H2,1-2H3/t17-/m1/s1. The van der Waals surface area contributed by atoms with Gasteiger partial charge in [0, 0.05) is 0 Å². The maximum absolute atomic E-state index is 5.25. The lowest BCUT2D eigenvalue weighted by molar-refractivity contribution is 0.0883. The molecule has 2 heteroatoms. The molecule has 1 heterocycles. The zero-order valence-electron chi connectivity index (χ0n) is 11.4. The molecule has 3 rings (SSSR count). The van der Waals surface area contributed by atoms with Gasteiger partial charge in [0.2, 0.25) is 0 Å². The Bertz CT molecular complexity index is 586. The maximum Gasteiger partial charge on any atom is 0.0701 e. The van der Waals surface area contributed by atoms with E-state index in [9.17, 15) is 0 Å². The fourth-order valence-electron chi connectivity index (χ4n) is 2.62. The van der Waals surface area contributed by atoms with E-state index in [4.69, 9.17) is 4.84 Å². The van der Waals surface area contributed by atoms with Crippen LogP contribution in [0, 0.1) is 13.8 Å². The van der Waals surface area contributed by atoms with Crippen LogP contribution in [-0.2, 0) is 4.84 Å². The van der Waals surface area contributed by atoms with Gasteiger partial charge in [-0.3, -0.25) is 0 Å². The summed E-state index contributed by atoms with van der Waals surface area (Å²) in [5, 5.41) is 0. The molecular weight excluding hydrogens is 234 g/mol. The molecule has 1 saturated heterocycles. The molecule has 2 nitrogen and oxygen atoms in total. The summed E-state index contributed by atoms with van der Waals surface area (Å²) in [6.07, 6.45) is 1.04. The molecule has 1 aliphatic rings. The van der Waals surface area contributed by atoms with Crippen molar-refractivity contribution in [3.05, 3.63) is 59.2 Å². The zero-order chi connectivity index (χ0) is 13.2. The monoisotopic (exact) mass is 253 g/mol. The Hall–Kier alpha value is -1.64. The van der Waals surface area contributed by atoms with E-state index in [1.54, 1.807) is 0 Å². The number of hydroxylamine groups is 1. The molecule has 0 spiro atoms. The Balaban J connectivity index is 2.01. The summed E-state index contributed by atoms with van der Waals surface area (Å²) in [5.41, 5.74) is 9.68. The van der Waals surface area contributed by atoms with E-state index in [-0.39, 0.29) is 0 Å². The van der Waals surface area contributed by atoms with Gasteiger partial charge < -0.3 is 4.84 Å². The number of benzene rings is 2. The van der Waals surface area contributed by atoms with E-state index >= 15 is 0 Å². The highest BCUT2D eigenvalue weighted by atomic mass is 16.7. The number of rotatable bonds is 2. The Morgan fingerprint density at radius 2 is 1.95 bits per heavy atom. The van der Waals surface area contributed by atoms with Crippen molar-refractivity contribution >= 4 is 0 Å². The summed E-state index contributed by atoms with van der Waals surface area (Å²) >= 11 is 0. The molecule has 2 aromatic carbocycles. The summed E-state index contributed by atoms with van der Waals surface area (Å²) in [6, 6.07) is 15.6. The van der Waals surface area contributed by atoms with E-state index in [1.165, 1.54) is 27.8 Å². The Labute approximate surface area is 114 Å². The minimum Gasteiger partial charge on any atom is -0.301 e. The molecule has 98 valence electrons. The molecule has 1 fully saturated rings. The van der Waals surface area contributed by atoms with E-state index in [1.807, 2.05) is 0 Å². The third-order valence-electron chi connectivity index (χ3n) is 3.94. The molecule has 0 aromatic heterocycles. The molecule has 0 saturated carbocycles. The van der Waals surface area contributed by atoms with Crippen LogP contribution in [0.15, 0.2) is 42.5 Å². The van der Waals surface area contributed by atoms with Gasteiger partial charge in [-0.25, -0.2) is 0 Å². The van der Waals surface area contributed by atoms with Crippen molar-refractivity contribution in [2.75, 3.05) is 6.61 Å². The van der Waals surface area contributed by atoms with Gasteiger partial charge in [0.15, 0.2) is 0 Å². The van der Waals surface area contributed by atoms with Gasteiger partial charge in [0.05, 0.1) is 12.6 Å². The fourth-order valence-corrected chi connectivity index (χ4v) is 2.62. The number of aryl methyl sites for hydroxylation is 1. The molecule has 1 atom stereocenters. The molecule has 0 amide bonds. The first-order chi connectivity index (χ1) is 9.25. The number of hydrogen-bond donors (Lipinski definition) is 1. The van der Waals surface area contributed by atoms with Crippen molar-refractivity contribution < 1.29 is 4.84 Å². The first-order valence-corrected chi connectivity index (χ1v) is 6.79. The van der Waals surface area contributed by atoms with Crippen LogP contribution in [0.1, 0.15) is 29.2 Å². The van der Waals surface area contributed by atoms with E-state index in [0.717, 1.165) is 13.0 Å². The lowest BCUT2D eigenvalue weighted by Crippen LogP contribution is -2.11. The fraction of sp³-hybridized carbons (Fsp3) is 0.294. The topological polar surface area (TPSA) is 21.3 Å². The molecule has 0 bridgehead atoms. The van der Waals surface area contributed by atoms with Crippen molar-refractivity contribution in [1.29, 1.82) is 0 Å². The van der Waals surface area contributed by atoms with Crippen molar-refractivity contribution in [3.8, 4) is 11.1 Å². The molecule has 2 aromatic rings. The normalized spacial score (nSPS) is 18.7. The molecule has 0 unspecified atom stereocenters. The van der Waals surface area contributed by atoms with Gasteiger partial charge in [0.25, 0.3) is 0 Å². The second-order valence-electron chi connectivity index (χ2n) is 5.18. The van der Waals surface area contributed by atoms with Crippen LogP contribution in [0.2, 0.25) is 0 Å². The van der Waals surface area contributed by atoms with Gasteiger partial charge in [-0.1, -0.05) is 36.4 Å². The van der Waals surface area contributed by atoms with E-state index in [0.29, 0.717) is 6.04 Å². The minimum absolute atomic E-state index is 0.324. The quantitative estimate of drug-likeness (QED) is 0.875. The van der Waals surface area contributed by atoms with Crippen LogP contribution in [0.4, 0.5) is 0 Å². The highest BCUT2D eigenvalue weighted by Gasteiger charge is 2.17. The molecule has 1 N–H and O–H groups in total. The van der Waals surface area contributed by atoms with Crippen molar-refractivity contribution in [2.24, 2.45) is 0 Å². The summed E-state index contributed by atoms with van der Waals surface area (Å²) in [6.45, 7) is 5.14. The molecule has 0 radical (unpaired) electrons. The van der Waals surface area contributed by atoms with E-state index in [2.05, 4.69) is 61.8 Å². The zero-order valence-corrected chi connectivity index (χ0v) is 11.4. The maximum atomic E-state index is 5.25. The molecule has 1 aliphatic heterocycles. The predicted octanol–water partition coefficient (Wildman–Crippen LogP) is 3.94. The SMILES string of the molecule is Cc1cccc(-c2cccc([C@H]3CCON3)c2)c1C. The average Bonchev–Trinajstić information content (AvgIpc) is 2.96. The molecule has 0 aliphatic carbocycles. The predicted molar refractivity (Wildman–Crippen MR) is 77.8 cm³/mol. The summed E-state index contributed by atoms with van der Waals surface area (Å²) in [4.78, 5) is 5.25. The number of hydrogen-bond acceptors (Lipinski definition) is 2. The van der Waals surface area contributed by atoms with Gasteiger partial charge in [0.1, 0.15) is 0 Å².